The van der Waals surface area contributed by atoms with Crippen LogP contribution in [0.4, 0.5) is 0 Å². The lowest BCUT2D eigenvalue weighted by Gasteiger charge is -2.17. The Bertz CT molecular complexity index is 379. The summed E-state index contributed by atoms with van der Waals surface area (Å²) in [7, 11) is 0. The molecule has 0 aromatic carbocycles. The molecule has 0 radical (unpaired) electrons. The molecule has 3 heteroatoms. The fourth-order valence-electron chi connectivity index (χ4n) is 4.87. The van der Waals surface area contributed by atoms with E-state index in [1.165, 1.54) is 135 Å². The Balaban J connectivity index is 3.99. The van der Waals surface area contributed by atoms with Gasteiger partial charge in [-0.15, -0.1) is 0 Å². The van der Waals surface area contributed by atoms with Crippen LogP contribution in [0, 0.1) is 5.92 Å². The van der Waals surface area contributed by atoms with Gasteiger partial charge in [-0.05, 0) is 25.2 Å². The number of esters is 1. The van der Waals surface area contributed by atoms with E-state index in [2.05, 4.69) is 29.8 Å². The maximum atomic E-state index is 12.1. The predicted octanol–water partition coefficient (Wildman–Crippen LogP) is 11.3. The number of ether oxygens (including phenoxy) is 1. The lowest BCUT2D eigenvalue weighted by Crippen LogP contribution is -2.10. The molecule has 0 aliphatic carbocycles. The highest BCUT2D eigenvalue weighted by Crippen LogP contribution is 2.22. The van der Waals surface area contributed by atoms with Crippen molar-refractivity contribution in [2.45, 2.75) is 174 Å². The van der Waals surface area contributed by atoms with Gasteiger partial charge in [0, 0.05) is 11.8 Å². The van der Waals surface area contributed by atoms with E-state index < -0.39 is 0 Å². The molecule has 34 heavy (non-hydrogen) atoms. The number of rotatable bonds is 28. The minimum atomic E-state index is 0.0263. The molecule has 0 aliphatic heterocycles. The van der Waals surface area contributed by atoms with Crippen LogP contribution in [0.3, 0.4) is 0 Å². The fraction of sp³-hybridized carbons (Fsp3) is 0.968. The summed E-state index contributed by atoms with van der Waals surface area (Å²) in [6.45, 7) is 5.22. The van der Waals surface area contributed by atoms with Crippen molar-refractivity contribution in [1.82, 2.24) is 0 Å². The molecule has 0 amide bonds. The van der Waals surface area contributed by atoms with Crippen molar-refractivity contribution in [2.24, 2.45) is 5.92 Å². The van der Waals surface area contributed by atoms with E-state index in [0.29, 0.717) is 13.0 Å². The summed E-state index contributed by atoms with van der Waals surface area (Å²) in [5, 5.41) is 1.09. The number of halogens is 1. The Hall–Kier alpha value is -0.0500. The molecule has 0 N–H and O–H groups in total. The Labute approximate surface area is 223 Å². The molecule has 204 valence electrons. The van der Waals surface area contributed by atoms with Crippen molar-refractivity contribution in [2.75, 3.05) is 11.9 Å². The minimum Gasteiger partial charge on any atom is -0.466 e. The summed E-state index contributed by atoms with van der Waals surface area (Å²) < 4.78 is 5.62. The SMILES string of the molecule is CCCCCCCCCCC(CCCCCCCCCC)CCOC(=O)CCCCCCCBr. The molecule has 0 aromatic rings. The molecule has 0 heterocycles. The van der Waals surface area contributed by atoms with Crippen LogP contribution in [0.25, 0.3) is 0 Å². The Morgan fingerprint density at radius 3 is 1.44 bits per heavy atom. The lowest BCUT2D eigenvalue weighted by atomic mass is 9.91. The number of carbonyl (C=O) groups is 1. The van der Waals surface area contributed by atoms with Crippen LogP contribution in [0.1, 0.15) is 174 Å². The third-order valence-corrected chi connectivity index (χ3v) is 7.80. The molecule has 0 fully saturated rings. The molecular formula is C31H61BrO2. The third-order valence-electron chi connectivity index (χ3n) is 7.24. The average molecular weight is 546 g/mol. The molecule has 0 saturated heterocycles. The maximum Gasteiger partial charge on any atom is 0.305 e. The summed E-state index contributed by atoms with van der Waals surface area (Å²) in [5.41, 5.74) is 0. The first-order chi connectivity index (χ1) is 16.7. The van der Waals surface area contributed by atoms with E-state index >= 15 is 0 Å². The highest BCUT2D eigenvalue weighted by Gasteiger charge is 2.11. The van der Waals surface area contributed by atoms with Crippen LogP contribution in [0.15, 0.2) is 0 Å². The highest BCUT2D eigenvalue weighted by atomic mass is 79.9. The van der Waals surface area contributed by atoms with Gasteiger partial charge < -0.3 is 4.74 Å². The van der Waals surface area contributed by atoms with E-state index in [1.807, 2.05) is 0 Å². The molecule has 0 rings (SSSR count). The number of hydrogen-bond donors (Lipinski definition) is 0. The van der Waals surface area contributed by atoms with Crippen molar-refractivity contribution < 1.29 is 9.53 Å². The first kappa shape index (κ1) is 34.0. The van der Waals surface area contributed by atoms with Gasteiger partial charge in [0.15, 0.2) is 0 Å². The summed E-state index contributed by atoms with van der Waals surface area (Å²) in [5.74, 6) is 0.774. The van der Waals surface area contributed by atoms with E-state index in [9.17, 15) is 4.79 Å². The monoisotopic (exact) mass is 544 g/mol. The average Bonchev–Trinajstić information content (AvgIpc) is 2.84. The van der Waals surface area contributed by atoms with Crippen molar-refractivity contribution in [3.63, 3.8) is 0 Å². The second-order valence-corrected chi connectivity index (χ2v) is 11.4. The van der Waals surface area contributed by atoms with Gasteiger partial charge in [-0.25, -0.2) is 0 Å². The maximum absolute atomic E-state index is 12.1. The van der Waals surface area contributed by atoms with Crippen LogP contribution < -0.4 is 0 Å². The van der Waals surface area contributed by atoms with Gasteiger partial charge in [0.2, 0.25) is 0 Å². The van der Waals surface area contributed by atoms with E-state index in [-0.39, 0.29) is 5.97 Å². The normalized spacial score (nSPS) is 11.4. The smallest absolute Gasteiger partial charge is 0.305 e. The van der Waals surface area contributed by atoms with Crippen molar-refractivity contribution in [3.8, 4) is 0 Å². The lowest BCUT2D eigenvalue weighted by molar-refractivity contribution is -0.144. The summed E-state index contributed by atoms with van der Waals surface area (Å²) in [6, 6.07) is 0. The summed E-state index contributed by atoms with van der Waals surface area (Å²) >= 11 is 3.48. The minimum absolute atomic E-state index is 0.0263. The second kappa shape index (κ2) is 29.2. The molecule has 0 aromatic heterocycles. The zero-order valence-electron chi connectivity index (χ0n) is 23.4. The number of alkyl halides is 1. The molecule has 0 unspecified atom stereocenters. The predicted molar refractivity (Wildman–Crippen MR) is 155 cm³/mol. The van der Waals surface area contributed by atoms with Crippen LogP contribution in [-0.4, -0.2) is 17.9 Å². The molecule has 0 atom stereocenters. The van der Waals surface area contributed by atoms with Gasteiger partial charge in [-0.2, -0.15) is 0 Å². The second-order valence-electron chi connectivity index (χ2n) is 10.6. The molecular weight excluding hydrogens is 484 g/mol. The standard InChI is InChI=1S/C31H61BrO2/c1-3-5-7-9-11-13-16-20-24-30(25-21-17-14-12-10-8-6-4-2)27-29-34-31(33)26-22-18-15-19-23-28-32/h30H,3-29H2,1-2H3. The summed E-state index contributed by atoms with van der Waals surface area (Å²) in [4.78, 5) is 12.1. The first-order valence-corrected chi connectivity index (χ1v) is 16.6. The Morgan fingerprint density at radius 1 is 0.559 bits per heavy atom. The largest absolute Gasteiger partial charge is 0.466 e. The van der Waals surface area contributed by atoms with Gasteiger partial charge in [0.05, 0.1) is 6.61 Å². The van der Waals surface area contributed by atoms with Crippen molar-refractivity contribution in [1.29, 1.82) is 0 Å². The van der Waals surface area contributed by atoms with Crippen LogP contribution in [-0.2, 0) is 9.53 Å². The zero-order valence-corrected chi connectivity index (χ0v) is 24.9. The molecule has 0 saturated carbocycles. The number of unbranched alkanes of at least 4 members (excludes halogenated alkanes) is 18. The summed E-state index contributed by atoms with van der Waals surface area (Å²) in [6.07, 6.45) is 32.5. The van der Waals surface area contributed by atoms with Crippen LogP contribution >= 0.6 is 15.9 Å². The van der Waals surface area contributed by atoms with Crippen molar-refractivity contribution in [3.05, 3.63) is 0 Å². The molecule has 2 nitrogen and oxygen atoms in total. The van der Waals surface area contributed by atoms with Gasteiger partial charge in [0.1, 0.15) is 0 Å². The van der Waals surface area contributed by atoms with E-state index in [1.54, 1.807) is 0 Å². The Kier molecular flexibility index (Phi) is 29.1. The molecule has 0 bridgehead atoms. The van der Waals surface area contributed by atoms with Gasteiger partial charge in [-0.3, -0.25) is 4.79 Å². The topological polar surface area (TPSA) is 26.3 Å². The molecule has 0 spiro atoms. The first-order valence-electron chi connectivity index (χ1n) is 15.5. The third kappa shape index (κ3) is 26.6. The van der Waals surface area contributed by atoms with Crippen molar-refractivity contribution >= 4 is 21.9 Å². The highest BCUT2D eigenvalue weighted by molar-refractivity contribution is 9.09. The van der Waals surface area contributed by atoms with Gasteiger partial charge in [0.25, 0.3) is 0 Å². The quantitative estimate of drug-likeness (QED) is 0.0555. The number of hydrogen-bond acceptors (Lipinski definition) is 2. The van der Waals surface area contributed by atoms with Crippen LogP contribution in [0.2, 0.25) is 0 Å². The van der Waals surface area contributed by atoms with Gasteiger partial charge in [-0.1, -0.05) is 165 Å². The van der Waals surface area contributed by atoms with Crippen LogP contribution in [0.5, 0.6) is 0 Å². The fourth-order valence-corrected chi connectivity index (χ4v) is 5.27. The van der Waals surface area contributed by atoms with E-state index in [0.717, 1.165) is 30.5 Å². The van der Waals surface area contributed by atoms with E-state index in [4.69, 9.17) is 4.74 Å². The number of carbonyl (C=O) groups excluding carboxylic acids is 1. The zero-order chi connectivity index (χ0) is 25.0. The van der Waals surface area contributed by atoms with Gasteiger partial charge >= 0.3 is 5.97 Å². The Morgan fingerprint density at radius 2 is 0.971 bits per heavy atom. The molecule has 0 aliphatic rings.